The van der Waals surface area contributed by atoms with Crippen molar-refractivity contribution in [3.05, 3.63) is 0 Å². The summed E-state index contributed by atoms with van der Waals surface area (Å²) < 4.78 is 36.8. The predicted octanol–water partition coefficient (Wildman–Crippen LogP) is 15.0. The van der Waals surface area contributed by atoms with Crippen molar-refractivity contribution < 1.29 is 43.1 Å². The summed E-state index contributed by atoms with van der Waals surface area (Å²) in [6, 6.07) is 0. The van der Waals surface area contributed by atoms with Crippen molar-refractivity contribution in [2.24, 2.45) is 94.7 Å². The van der Waals surface area contributed by atoms with Crippen LogP contribution in [0.4, 0.5) is 0 Å². The number of esters is 2. The molecule has 0 radical (unpaired) electrons. The highest BCUT2D eigenvalue weighted by atomic mass is 16.7. The molecule has 0 aliphatic heterocycles. The van der Waals surface area contributed by atoms with Gasteiger partial charge in [-0.3, -0.25) is 9.59 Å². The Hall–Kier alpha value is -1.30. The normalized spacial score (nSPS) is 33.7. The van der Waals surface area contributed by atoms with Gasteiger partial charge >= 0.3 is 11.9 Å². The van der Waals surface area contributed by atoms with Gasteiger partial charge in [0.25, 0.3) is 0 Å². The maximum Gasteiger partial charge on any atom is 0.305 e. The first-order valence-electron chi connectivity index (χ1n) is 33.8. The maximum absolute atomic E-state index is 12.9. The molecule has 0 amide bonds. The molecule has 8 saturated carbocycles. The van der Waals surface area contributed by atoms with Crippen molar-refractivity contribution in [2.75, 3.05) is 65.9 Å². The zero-order chi connectivity index (χ0) is 53.8. The number of ether oxygens (including phenoxy) is 6. The molecule has 0 saturated heterocycles. The smallest absolute Gasteiger partial charge is 0.305 e. The predicted molar refractivity (Wildman–Crippen MR) is 308 cm³/mol. The van der Waals surface area contributed by atoms with Gasteiger partial charge in [0.05, 0.1) is 52.5 Å². The van der Waals surface area contributed by atoms with E-state index < -0.39 is 0 Å². The number of nitrogens with zero attached hydrogens (tertiary/aromatic N) is 1. The van der Waals surface area contributed by atoms with Crippen molar-refractivity contribution >= 4 is 11.9 Å². The summed E-state index contributed by atoms with van der Waals surface area (Å²) in [5, 5.41) is 9.44. The van der Waals surface area contributed by atoms with E-state index in [-0.39, 0.29) is 31.1 Å². The second-order valence-corrected chi connectivity index (χ2v) is 27.5. The first-order valence-corrected chi connectivity index (χ1v) is 33.8. The minimum absolute atomic E-state index is 0.129. The average molecular weight is 1080 g/mol. The highest BCUT2D eigenvalue weighted by Gasteiger charge is 2.47. The topological polar surface area (TPSA) is 113 Å². The van der Waals surface area contributed by atoms with Gasteiger partial charge in [-0.15, -0.1) is 0 Å². The number of carbonyl (C=O) groups is 2. The molecular weight excluding hydrogens is 963 g/mol. The molecule has 77 heavy (non-hydrogen) atoms. The number of aliphatic hydroxyl groups is 1. The van der Waals surface area contributed by atoms with Gasteiger partial charge in [-0.2, -0.15) is 0 Å². The van der Waals surface area contributed by atoms with Gasteiger partial charge in [-0.05, 0) is 256 Å². The lowest BCUT2D eigenvalue weighted by Gasteiger charge is -2.22. The van der Waals surface area contributed by atoms with Crippen LogP contribution in [-0.4, -0.2) is 100 Å². The largest absolute Gasteiger partial charge is 0.466 e. The molecule has 10 nitrogen and oxygen atoms in total. The van der Waals surface area contributed by atoms with Crippen molar-refractivity contribution in [2.45, 2.75) is 252 Å². The van der Waals surface area contributed by atoms with Crippen LogP contribution in [0.25, 0.3) is 0 Å². The zero-order valence-electron chi connectivity index (χ0n) is 50.0. The van der Waals surface area contributed by atoms with Crippen LogP contribution in [0.15, 0.2) is 0 Å². The number of unbranched alkanes of at least 4 members (excludes halogenated alkanes) is 7. The van der Waals surface area contributed by atoms with Crippen LogP contribution in [0, 0.1) is 94.7 Å². The van der Waals surface area contributed by atoms with Gasteiger partial charge in [0.1, 0.15) is 0 Å². The monoisotopic (exact) mass is 1080 g/mol. The first-order chi connectivity index (χ1) is 37.7. The van der Waals surface area contributed by atoms with Crippen molar-refractivity contribution in [1.29, 1.82) is 0 Å². The van der Waals surface area contributed by atoms with Crippen LogP contribution in [0.2, 0.25) is 0 Å². The molecule has 0 spiro atoms. The molecule has 0 aromatic rings. The lowest BCUT2D eigenvalue weighted by molar-refractivity contribution is -0.160. The highest BCUT2D eigenvalue weighted by Crippen LogP contribution is 2.56. The fourth-order valence-electron chi connectivity index (χ4n) is 14.6. The summed E-state index contributed by atoms with van der Waals surface area (Å²) in [6.45, 7) is 16.7. The minimum atomic E-state index is -0.312. The van der Waals surface area contributed by atoms with Crippen LogP contribution in [0.5, 0.6) is 0 Å². The maximum atomic E-state index is 12.9. The van der Waals surface area contributed by atoms with Crippen LogP contribution in [0.3, 0.4) is 0 Å². The lowest BCUT2D eigenvalue weighted by atomic mass is 10.1. The second-order valence-electron chi connectivity index (χ2n) is 27.5. The third-order valence-corrected chi connectivity index (χ3v) is 21.2. The summed E-state index contributed by atoms with van der Waals surface area (Å²) in [5.41, 5.74) is 0. The first kappa shape index (κ1) is 61.8. The van der Waals surface area contributed by atoms with E-state index in [0.717, 1.165) is 231 Å². The Morgan fingerprint density at radius 1 is 0.403 bits per heavy atom. The number of hydrogen-bond acceptors (Lipinski definition) is 10. The molecule has 17 atom stereocenters. The lowest BCUT2D eigenvalue weighted by Crippen LogP contribution is -2.27. The number of rotatable bonds is 51. The van der Waals surface area contributed by atoms with Crippen LogP contribution in [-0.2, 0) is 38.0 Å². The van der Waals surface area contributed by atoms with Crippen molar-refractivity contribution in [3.8, 4) is 0 Å². The molecule has 444 valence electrons. The molecule has 0 aromatic carbocycles. The molecular formula is C67H117NO9. The fraction of sp³-hybridized carbons (Fsp3) is 0.970. The van der Waals surface area contributed by atoms with Gasteiger partial charge in [-0.25, -0.2) is 0 Å². The number of hydrogen-bond donors (Lipinski definition) is 1. The third-order valence-electron chi connectivity index (χ3n) is 21.2. The molecule has 17 unspecified atom stereocenters. The Morgan fingerprint density at radius 3 is 1.04 bits per heavy atom. The Kier molecular flexibility index (Phi) is 26.6. The summed E-state index contributed by atoms with van der Waals surface area (Å²) in [5.74, 6) is 14.6. The minimum Gasteiger partial charge on any atom is -0.466 e. The van der Waals surface area contributed by atoms with Crippen LogP contribution >= 0.6 is 0 Å². The van der Waals surface area contributed by atoms with E-state index in [1.165, 1.54) is 96.3 Å². The van der Waals surface area contributed by atoms with Gasteiger partial charge in [0.2, 0.25) is 0 Å². The molecule has 8 aliphatic rings. The summed E-state index contributed by atoms with van der Waals surface area (Å²) in [7, 11) is 0. The molecule has 1 N–H and O–H groups in total. The quantitative estimate of drug-likeness (QED) is 0.0359. The van der Waals surface area contributed by atoms with E-state index in [4.69, 9.17) is 28.4 Å². The van der Waals surface area contributed by atoms with Crippen molar-refractivity contribution in [1.82, 2.24) is 4.90 Å². The van der Waals surface area contributed by atoms with Gasteiger partial charge in [-0.1, -0.05) is 72.6 Å². The van der Waals surface area contributed by atoms with Gasteiger partial charge in [0.15, 0.2) is 12.6 Å². The van der Waals surface area contributed by atoms with Gasteiger partial charge < -0.3 is 38.4 Å². The molecule has 10 heteroatoms. The van der Waals surface area contributed by atoms with E-state index in [2.05, 4.69) is 32.6 Å². The molecule has 0 bridgehead atoms. The molecule has 8 rings (SSSR count). The molecule has 0 aromatic heterocycles. The highest BCUT2D eigenvalue weighted by molar-refractivity contribution is 5.69. The zero-order valence-corrected chi connectivity index (χ0v) is 50.0. The Labute approximate surface area is 470 Å². The summed E-state index contributed by atoms with van der Waals surface area (Å²) in [6.07, 6.45) is 37.0. The molecule has 8 aliphatic carbocycles. The molecule has 8 fully saturated rings. The summed E-state index contributed by atoms with van der Waals surface area (Å²) in [4.78, 5) is 28.3. The van der Waals surface area contributed by atoms with E-state index >= 15 is 0 Å². The Balaban J connectivity index is 0.624. The third kappa shape index (κ3) is 24.2. The van der Waals surface area contributed by atoms with E-state index in [9.17, 15) is 14.7 Å². The van der Waals surface area contributed by atoms with Crippen LogP contribution < -0.4 is 0 Å². The standard InChI is InChI=1S/C67H117NO9/c1-5-49-37-57(49)45-61-41-53(61)23-33-75-66(74-32-22-52-40-60(52)44-56-36-48(56)4)20-18-64(70)72-30-16-10-8-12-26-68(28-14-15-29-69)27-13-9-11-17-31-73-65(71)19-21-67(76-34-24-54-42-62(54)46-58-38-50(58)6-2)77-35-25-55-43-63(55)47-59-39-51(59)7-3/h48-63,66-67,69H,5-47H2,1-4H3. The van der Waals surface area contributed by atoms with Crippen LogP contribution in [0.1, 0.15) is 240 Å². The van der Waals surface area contributed by atoms with E-state index in [1.807, 2.05) is 0 Å². The van der Waals surface area contributed by atoms with E-state index in [1.54, 1.807) is 0 Å². The van der Waals surface area contributed by atoms with Gasteiger partial charge in [0, 0.05) is 19.4 Å². The summed E-state index contributed by atoms with van der Waals surface area (Å²) >= 11 is 0. The average Bonchev–Trinajstić information content (AvgIpc) is 4.23. The Morgan fingerprint density at radius 2 is 0.714 bits per heavy atom. The molecule has 0 heterocycles. The van der Waals surface area contributed by atoms with Crippen molar-refractivity contribution in [3.63, 3.8) is 0 Å². The van der Waals surface area contributed by atoms with E-state index in [0.29, 0.717) is 38.9 Å². The SMILES string of the molecule is CCC1CC1CC1CC1CCOC(CCC(=O)OCCCCCCN(CCCCO)CCCCCCOC(=O)CCC(OCCC1CC1CC1CC1CC)OCCC1CC1CC1CC1CC)OCCC1CC1CC1CC1C. The number of aliphatic hydroxyl groups excluding tert-OH is 1. The second kappa shape index (κ2) is 33.1. The number of carbonyl (C=O) groups excluding carboxylic acids is 2. The fourth-order valence-corrected chi connectivity index (χ4v) is 14.6. The Bertz CT molecular complexity index is 1620.